The molecule has 92 valence electrons. The number of thioether (sulfide) groups is 1. The van der Waals surface area contributed by atoms with Crippen LogP contribution in [0.4, 0.5) is 0 Å². The first-order chi connectivity index (χ1) is 7.20. The molecule has 0 aliphatic heterocycles. The number of hydrogen-bond donors (Lipinski definition) is 1. The monoisotopic (exact) mass is 232 g/mol. The Kier molecular flexibility index (Phi) is 11.0. The molecule has 1 N–H and O–H groups in total. The number of nitrogens with one attached hydrogen (secondary N) is 1. The lowest BCUT2D eigenvalue weighted by atomic mass is 10.4. The van der Waals surface area contributed by atoms with Crippen molar-refractivity contribution < 1.29 is 0 Å². The second kappa shape index (κ2) is 10.8. The molecule has 0 saturated carbocycles. The van der Waals surface area contributed by atoms with Crippen molar-refractivity contribution in [3.05, 3.63) is 0 Å². The summed E-state index contributed by atoms with van der Waals surface area (Å²) in [6.45, 7) is 13.7. The van der Waals surface area contributed by atoms with E-state index < -0.39 is 0 Å². The van der Waals surface area contributed by atoms with Gasteiger partial charge in [0.05, 0.1) is 0 Å². The molecule has 0 radical (unpaired) electrons. The molecule has 15 heavy (non-hydrogen) atoms. The van der Waals surface area contributed by atoms with Gasteiger partial charge in [0, 0.05) is 18.3 Å². The Morgan fingerprint density at radius 3 is 2.33 bits per heavy atom. The Labute approximate surface area is 100 Å². The third-order valence-electron chi connectivity index (χ3n) is 2.46. The van der Waals surface area contributed by atoms with Crippen LogP contribution >= 0.6 is 11.8 Å². The maximum absolute atomic E-state index is 3.44. The molecule has 0 atom stereocenters. The van der Waals surface area contributed by atoms with Crippen LogP contribution < -0.4 is 5.32 Å². The predicted molar refractivity (Wildman–Crippen MR) is 72.9 cm³/mol. The van der Waals surface area contributed by atoms with Gasteiger partial charge in [-0.2, -0.15) is 11.8 Å². The minimum Gasteiger partial charge on any atom is -0.315 e. The zero-order valence-electron chi connectivity index (χ0n) is 10.9. The molecule has 0 aromatic rings. The average Bonchev–Trinajstić information content (AvgIpc) is 2.22. The van der Waals surface area contributed by atoms with E-state index in [1.54, 1.807) is 0 Å². The fourth-order valence-electron chi connectivity index (χ4n) is 1.40. The Bertz CT molecular complexity index is 125. The molecular weight excluding hydrogens is 204 g/mol. The smallest absolute Gasteiger partial charge is 0.00721 e. The maximum atomic E-state index is 3.44. The van der Waals surface area contributed by atoms with E-state index in [9.17, 15) is 0 Å². The zero-order valence-corrected chi connectivity index (χ0v) is 11.7. The van der Waals surface area contributed by atoms with Crippen molar-refractivity contribution in [1.29, 1.82) is 0 Å². The second-order valence-corrected chi connectivity index (χ2v) is 5.33. The van der Waals surface area contributed by atoms with Gasteiger partial charge in [-0.05, 0) is 31.8 Å². The summed E-state index contributed by atoms with van der Waals surface area (Å²) in [5, 5.41) is 3.44. The van der Waals surface area contributed by atoms with Gasteiger partial charge in [0.15, 0.2) is 0 Å². The van der Waals surface area contributed by atoms with Crippen molar-refractivity contribution in [3.8, 4) is 0 Å². The Morgan fingerprint density at radius 2 is 1.80 bits per heavy atom. The summed E-state index contributed by atoms with van der Waals surface area (Å²) >= 11 is 2.08. The summed E-state index contributed by atoms with van der Waals surface area (Å²) in [6, 6.07) is 0.630. The van der Waals surface area contributed by atoms with E-state index in [1.165, 1.54) is 37.6 Å². The minimum atomic E-state index is 0.630. The predicted octanol–water partition coefficient (Wildman–Crippen LogP) is 2.45. The third-order valence-corrected chi connectivity index (χ3v) is 3.51. The lowest BCUT2D eigenvalue weighted by Crippen LogP contribution is -2.26. The highest BCUT2D eigenvalue weighted by Crippen LogP contribution is 2.02. The highest BCUT2D eigenvalue weighted by molar-refractivity contribution is 7.99. The molecule has 0 aromatic heterocycles. The Hall–Kier alpha value is 0.270. The van der Waals surface area contributed by atoms with Crippen molar-refractivity contribution in [2.45, 2.75) is 40.2 Å². The van der Waals surface area contributed by atoms with E-state index in [-0.39, 0.29) is 0 Å². The van der Waals surface area contributed by atoms with Crippen LogP contribution in [0.3, 0.4) is 0 Å². The van der Waals surface area contributed by atoms with Gasteiger partial charge in [-0.25, -0.2) is 0 Å². The van der Waals surface area contributed by atoms with Crippen molar-refractivity contribution in [3.63, 3.8) is 0 Å². The number of rotatable bonds is 10. The van der Waals surface area contributed by atoms with Gasteiger partial charge in [-0.1, -0.05) is 27.7 Å². The molecule has 0 fully saturated rings. The molecular formula is C12H28N2S. The molecule has 0 aromatic carbocycles. The lowest BCUT2D eigenvalue weighted by molar-refractivity contribution is 0.324. The highest BCUT2D eigenvalue weighted by atomic mass is 32.2. The largest absolute Gasteiger partial charge is 0.315 e. The molecule has 0 spiro atoms. The maximum Gasteiger partial charge on any atom is 0.00721 e. The molecule has 0 unspecified atom stereocenters. The van der Waals surface area contributed by atoms with Crippen LogP contribution in [0, 0.1) is 0 Å². The van der Waals surface area contributed by atoms with Crippen LogP contribution in [0.1, 0.15) is 34.1 Å². The molecule has 2 nitrogen and oxygen atoms in total. The van der Waals surface area contributed by atoms with Gasteiger partial charge < -0.3 is 10.2 Å². The quantitative estimate of drug-likeness (QED) is 0.583. The van der Waals surface area contributed by atoms with E-state index >= 15 is 0 Å². The summed E-state index contributed by atoms with van der Waals surface area (Å²) in [6.07, 6.45) is 1.29. The number of nitrogens with zero attached hydrogens (tertiary/aromatic N) is 1. The molecule has 0 heterocycles. The van der Waals surface area contributed by atoms with Crippen molar-refractivity contribution >= 4 is 11.8 Å². The van der Waals surface area contributed by atoms with Gasteiger partial charge >= 0.3 is 0 Å². The van der Waals surface area contributed by atoms with Gasteiger partial charge in [-0.15, -0.1) is 0 Å². The highest BCUT2D eigenvalue weighted by Gasteiger charge is 1.98. The first-order valence-corrected chi connectivity index (χ1v) is 7.39. The fourth-order valence-corrected chi connectivity index (χ4v) is 2.34. The first-order valence-electron chi connectivity index (χ1n) is 6.24. The molecule has 0 rings (SSSR count). The summed E-state index contributed by atoms with van der Waals surface area (Å²) < 4.78 is 0. The normalized spacial score (nSPS) is 11.6. The summed E-state index contributed by atoms with van der Waals surface area (Å²) in [4.78, 5) is 2.49. The van der Waals surface area contributed by atoms with Crippen LogP contribution in [0.15, 0.2) is 0 Å². The van der Waals surface area contributed by atoms with E-state index in [0.717, 1.165) is 6.54 Å². The van der Waals surface area contributed by atoms with Crippen LogP contribution in [0.5, 0.6) is 0 Å². The third kappa shape index (κ3) is 10.6. The van der Waals surface area contributed by atoms with Crippen LogP contribution in [-0.2, 0) is 0 Å². The van der Waals surface area contributed by atoms with Crippen LogP contribution in [-0.4, -0.2) is 48.6 Å². The summed E-state index contributed by atoms with van der Waals surface area (Å²) in [5.41, 5.74) is 0. The van der Waals surface area contributed by atoms with E-state index in [2.05, 4.69) is 49.7 Å². The van der Waals surface area contributed by atoms with Gasteiger partial charge in [0.2, 0.25) is 0 Å². The molecule has 0 aliphatic carbocycles. The van der Waals surface area contributed by atoms with E-state index in [1.807, 2.05) is 0 Å². The summed E-state index contributed by atoms with van der Waals surface area (Å²) in [7, 11) is 0. The standard InChI is InChI=1S/C12H28N2S/c1-5-14(6-2)9-11-15-10-7-8-13-12(3)4/h12-13H,5-11H2,1-4H3. The molecule has 3 heteroatoms. The molecule has 0 aliphatic rings. The molecule has 0 amide bonds. The zero-order chi connectivity index (χ0) is 11.5. The summed E-state index contributed by atoms with van der Waals surface area (Å²) in [5.74, 6) is 2.57. The lowest BCUT2D eigenvalue weighted by Gasteiger charge is -2.17. The average molecular weight is 232 g/mol. The topological polar surface area (TPSA) is 15.3 Å². The Balaban J connectivity index is 3.10. The van der Waals surface area contributed by atoms with Gasteiger partial charge in [-0.3, -0.25) is 0 Å². The van der Waals surface area contributed by atoms with Gasteiger partial charge in [0.25, 0.3) is 0 Å². The van der Waals surface area contributed by atoms with Gasteiger partial charge in [0.1, 0.15) is 0 Å². The minimum absolute atomic E-state index is 0.630. The SMILES string of the molecule is CCN(CC)CCSCCCNC(C)C. The number of hydrogen-bond acceptors (Lipinski definition) is 3. The van der Waals surface area contributed by atoms with Crippen molar-refractivity contribution in [2.75, 3.05) is 37.7 Å². The molecule has 0 saturated heterocycles. The Morgan fingerprint density at radius 1 is 1.13 bits per heavy atom. The first kappa shape index (κ1) is 15.3. The van der Waals surface area contributed by atoms with Crippen LogP contribution in [0.25, 0.3) is 0 Å². The fraction of sp³-hybridized carbons (Fsp3) is 1.00. The van der Waals surface area contributed by atoms with E-state index in [4.69, 9.17) is 0 Å². The van der Waals surface area contributed by atoms with E-state index in [0.29, 0.717) is 6.04 Å². The van der Waals surface area contributed by atoms with Crippen molar-refractivity contribution in [2.24, 2.45) is 0 Å². The van der Waals surface area contributed by atoms with Crippen LogP contribution in [0.2, 0.25) is 0 Å². The second-order valence-electron chi connectivity index (χ2n) is 4.10. The molecule has 0 bridgehead atoms. The van der Waals surface area contributed by atoms with Crippen molar-refractivity contribution in [1.82, 2.24) is 10.2 Å².